The number of aromatic nitrogens is 1. The van der Waals surface area contributed by atoms with Crippen molar-refractivity contribution in [3.8, 4) is 0 Å². The van der Waals surface area contributed by atoms with E-state index < -0.39 is 5.97 Å². The number of carboxylic acids is 1. The Kier molecular flexibility index (Phi) is 5.30. The van der Waals surface area contributed by atoms with E-state index in [0.29, 0.717) is 6.42 Å². The van der Waals surface area contributed by atoms with E-state index in [0.717, 1.165) is 11.3 Å². The zero-order valence-corrected chi connectivity index (χ0v) is 10.6. The third-order valence-corrected chi connectivity index (χ3v) is 2.72. The van der Waals surface area contributed by atoms with Gasteiger partial charge in [0.2, 0.25) is 5.91 Å². The molecular weight excluding hydrogens is 232 g/mol. The van der Waals surface area contributed by atoms with Crippen LogP contribution in [0.4, 0.5) is 0 Å². The zero-order chi connectivity index (χ0) is 13.5. The number of amides is 1. The number of nitrogens with one attached hydrogen (secondary N) is 1. The van der Waals surface area contributed by atoms with Gasteiger partial charge in [-0.3, -0.25) is 14.6 Å². The summed E-state index contributed by atoms with van der Waals surface area (Å²) in [6, 6.07) is 3.39. The molecule has 0 bridgehead atoms. The molecule has 1 atom stereocenters. The van der Waals surface area contributed by atoms with Crippen LogP contribution in [-0.4, -0.2) is 28.0 Å². The van der Waals surface area contributed by atoms with Gasteiger partial charge in [0.15, 0.2) is 0 Å². The quantitative estimate of drug-likeness (QED) is 0.797. The number of nitrogens with zero attached hydrogens (tertiary/aromatic N) is 1. The lowest BCUT2D eigenvalue weighted by atomic mass is 10.1. The topological polar surface area (TPSA) is 79.3 Å². The molecule has 5 nitrogen and oxygen atoms in total. The first-order valence-corrected chi connectivity index (χ1v) is 5.94. The predicted molar refractivity (Wildman–Crippen MR) is 67.2 cm³/mol. The van der Waals surface area contributed by atoms with Crippen LogP contribution in [0.15, 0.2) is 18.3 Å². The van der Waals surface area contributed by atoms with Gasteiger partial charge in [-0.1, -0.05) is 13.0 Å². The second kappa shape index (κ2) is 6.74. The van der Waals surface area contributed by atoms with Crippen LogP contribution in [0.2, 0.25) is 0 Å². The zero-order valence-electron chi connectivity index (χ0n) is 10.6. The lowest BCUT2D eigenvalue weighted by Crippen LogP contribution is -2.37. The molecule has 0 radical (unpaired) electrons. The van der Waals surface area contributed by atoms with Crippen molar-refractivity contribution in [2.24, 2.45) is 0 Å². The molecule has 18 heavy (non-hydrogen) atoms. The highest BCUT2D eigenvalue weighted by molar-refractivity contribution is 5.79. The second-order valence-electron chi connectivity index (χ2n) is 4.21. The van der Waals surface area contributed by atoms with Crippen molar-refractivity contribution in [1.29, 1.82) is 0 Å². The molecule has 0 aliphatic rings. The minimum atomic E-state index is -0.906. The number of hydrogen-bond donors (Lipinski definition) is 2. The fraction of sp³-hybridized carbons (Fsp3) is 0.462. The molecule has 1 rings (SSSR count). The van der Waals surface area contributed by atoms with Crippen molar-refractivity contribution >= 4 is 11.9 Å². The maximum Gasteiger partial charge on any atom is 0.305 e. The molecule has 98 valence electrons. The number of pyridine rings is 1. The van der Waals surface area contributed by atoms with E-state index in [-0.39, 0.29) is 24.8 Å². The van der Waals surface area contributed by atoms with Crippen molar-refractivity contribution in [3.63, 3.8) is 0 Å². The Hall–Kier alpha value is -1.91. The van der Waals surface area contributed by atoms with Crippen LogP contribution < -0.4 is 5.32 Å². The molecule has 0 fully saturated rings. The summed E-state index contributed by atoms with van der Waals surface area (Å²) in [5.41, 5.74) is 1.68. The standard InChI is InChI=1S/C13H18N2O3/c1-3-10(7-13(17)18)15-12(16)8-11-9(2)5-4-6-14-11/h4-6,10H,3,7-8H2,1-2H3,(H,15,16)(H,17,18). The summed E-state index contributed by atoms with van der Waals surface area (Å²) in [6.07, 6.45) is 2.37. The minimum Gasteiger partial charge on any atom is -0.481 e. The van der Waals surface area contributed by atoms with Crippen molar-refractivity contribution in [1.82, 2.24) is 10.3 Å². The number of carboxylic acid groups (broad SMARTS) is 1. The molecule has 0 aliphatic carbocycles. The fourth-order valence-electron chi connectivity index (χ4n) is 1.64. The van der Waals surface area contributed by atoms with Gasteiger partial charge in [-0.05, 0) is 25.0 Å². The van der Waals surface area contributed by atoms with Crippen LogP contribution in [0.3, 0.4) is 0 Å². The number of hydrogen-bond acceptors (Lipinski definition) is 3. The average molecular weight is 250 g/mol. The molecule has 0 aromatic carbocycles. The van der Waals surface area contributed by atoms with Gasteiger partial charge in [0.05, 0.1) is 18.5 Å². The highest BCUT2D eigenvalue weighted by atomic mass is 16.4. The number of carbonyl (C=O) groups excluding carboxylic acids is 1. The normalized spacial score (nSPS) is 11.9. The number of aryl methyl sites for hydroxylation is 1. The van der Waals surface area contributed by atoms with E-state index in [1.807, 2.05) is 26.0 Å². The van der Waals surface area contributed by atoms with Crippen LogP contribution in [0.1, 0.15) is 31.0 Å². The summed E-state index contributed by atoms with van der Waals surface area (Å²) in [5.74, 6) is -1.10. The Morgan fingerprint density at radius 2 is 2.22 bits per heavy atom. The number of carbonyl (C=O) groups is 2. The van der Waals surface area contributed by atoms with Crippen LogP contribution in [0.5, 0.6) is 0 Å². The van der Waals surface area contributed by atoms with Gasteiger partial charge in [-0.2, -0.15) is 0 Å². The van der Waals surface area contributed by atoms with Crippen LogP contribution >= 0.6 is 0 Å². The van der Waals surface area contributed by atoms with Gasteiger partial charge >= 0.3 is 5.97 Å². The van der Waals surface area contributed by atoms with Crippen LogP contribution in [-0.2, 0) is 16.0 Å². The van der Waals surface area contributed by atoms with E-state index in [4.69, 9.17) is 5.11 Å². The van der Waals surface area contributed by atoms with Crippen molar-refractivity contribution in [2.75, 3.05) is 0 Å². The van der Waals surface area contributed by atoms with Gasteiger partial charge in [0, 0.05) is 12.2 Å². The fourth-order valence-corrected chi connectivity index (χ4v) is 1.64. The third kappa shape index (κ3) is 4.53. The van der Waals surface area contributed by atoms with E-state index in [9.17, 15) is 9.59 Å². The second-order valence-corrected chi connectivity index (χ2v) is 4.21. The molecule has 1 unspecified atom stereocenters. The van der Waals surface area contributed by atoms with E-state index >= 15 is 0 Å². The van der Waals surface area contributed by atoms with Gasteiger partial charge < -0.3 is 10.4 Å². The molecule has 1 aromatic rings. The molecular formula is C13H18N2O3. The van der Waals surface area contributed by atoms with Gasteiger partial charge in [0.1, 0.15) is 0 Å². The third-order valence-electron chi connectivity index (χ3n) is 2.72. The highest BCUT2D eigenvalue weighted by Gasteiger charge is 2.15. The monoisotopic (exact) mass is 250 g/mol. The Balaban J connectivity index is 2.55. The van der Waals surface area contributed by atoms with Gasteiger partial charge in [-0.15, -0.1) is 0 Å². The first-order valence-electron chi connectivity index (χ1n) is 5.94. The Bertz CT molecular complexity index is 432. The van der Waals surface area contributed by atoms with Crippen LogP contribution in [0.25, 0.3) is 0 Å². The average Bonchev–Trinajstić information content (AvgIpc) is 2.30. The smallest absolute Gasteiger partial charge is 0.305 e. The molecule has 0 saturated heterocycles. The van der Waals surface area contributed by atoms with E-state index in [1.165, 1.54) is 0 Å². The first kappa shape index (κ1) is 14.2. The van der Waals surface area contributed by atoms with Crippen LogP contribution in [0, 0.1) is 6.92 Å². The summed E-state index contributed by atoms with van der Waals surface area (Å²) in [4.78, 5) is 26.5. The Morgan fingerprint density at radius 1 is 1.50 bits per heavy atom. The summed E-state index contributed by atoms with van der Waals surface area (Å²) in [7, 11) is 0. The molecule has 5 heteroatoms. The number of rotatable bonds is 6. The summed E-state index contributed by atoms with van der Waals surface area (Å²) in [5, 5.41) is 11.4. The molecule has 0 aliphatic heterocycles. The van der Waals surface area contributed by atoms with Crippen molar-refractivity contribution < 1.29 is 14.7 Å². The molecule has 0 saturated carbocycles. The summed E-state index contributed by atoms with van der Waals surface area (Å²) in [6.45, 7) is 3.74. The maximum atomic E-state index is 11.8. The van der Waals surface area contributed by atoms with Crippen molar-refractivity contribution in [3.05, 3.63) is 29.6 Å². The molecule has 1 heterocycles. The molecule has 2 N–H and O–H groups in total. The predicted octanol–water partition coefficient (Wildman–Crippen LogP) is 1.30. The lowest BCUT2D eigenvalue weighted by Gasteiger charge is -2.14. The summed E-state index contributed by atoms with van der Waals surface area (Å²) < 4.78 is 0. The first-order chi connectivity index (χ1) is 8.52. The molecule has 1 amide bonds. The number of aliphatic carboxylic acids is 1. The minimum absolute atomic E-state index is 0.0521. The largest absolute Gasteiger partial charge is 0.481 e. The molecule has 0 spiro atoms. The van der Waals surface area contributed by atoms with E-state index in [1.54, 1.807) is 6.20 Å². The summed E-state index contributed by atoms with van der Waals surface area (Å²) >= 11 is 0. The Morgan fingerprint density at radius 3 is 2.78 bits per heavy atom. The van der Waals surface area contributed by atoms with Gasteiger partial charge in [-0.25, -0.2) is 0 Å². The highest BCUT2D eigenvalue weighted by Crippen LogP contribution is 2.05. The molecule has 1 aromatic heterocycles. The van der Waals surface area contributed by atoms with E-state index in [2.05, 4.69) is 10.3 Å². The maximum absolute atomic E-state index is 11.8. The SMILES string of the molecule is CCC(CC(=O)O)NC(=O)Cc1ncccc1C. The Labute approximate surface area is 106 Å². The van der Waals surface area contributed by atoms with Gasteiger partial charge in [0.25, 0.3) is 0 Å². The van der Waals surface area contributed by atoms with Crippen molar-refractivity contribution in [2.45, 2.75) is 39.2 Å². The lowest BCUT2D eigenvalue weighted by molar-refractivity contribution is -0.137.